The van der Waals surface area contributed by atoms with Crippen LogP contribution >= 0.6 is 0 Å². The number of hydrogen-bond acceptors (Lipinski definition) is 4. The Hall–Kier alpha value is -3.35. The number of alkyl carbamates (subject to hydrolysis) is 1. The third-order valence-corrected chi connectivity index (χ3v) is 6.97. The first-order valence-corrected chi connectivity index (χ1v) is 11.6. The van der Waals surface area contributed by atoms with Gasteiger partial charge in [-0.1, -0.05) is 55.5 Å². The van der Waals surface area contributed by atoms with Gasteiger partial charge in [0.15, 0.2) is 0 Å². The van der Waals surface area contributed by atoms with E-state index in [9.17, 15) is 14.4 Å². The van der Waals surface area contributed by atoms with E-state index in [4.69, 9.17) is 9.84 Å². The van der Waals surface area contributed by atoms with Crippen molar-refractivity contribution in [1.82, 2.24) is 10.6 Å². The molecule has 2 aromatic carbocycles. The molecule has 0 bridgehead atoms. The highest BCUT2D eigenvalue weighted by Gasteiger charge is 2.38. The second-order valence-electron chi connectivity index (χ2n) is 8.93. The van der Waals surface area contributed by atoms with Gasteiger partial charge in [0, 0.05) is 17.9 Å². The van der Waals surface area contributed by atoms with Crippen molar-refractivity contribution in [2.45, 2.75) is 62.9 Å². The summed E-state index contributed by atoms with van der Waals surface area (Å²) in [4.78, 5) is 36.6. The smallest absolute Gasteiger partial charge is 0.407 e. The molecule has 0 heterocycles. The van der Waals surface area contributed by atoms with Crippen molar-refractivity contribution in [3.05, 3.63) is 59.7 Å². The minimum absolute atomic E-state index is 0.00512. The Morgan fingerprint density at radius 3 is 2.18 bits per heavy atom. The number of hydrogen-bond donors (Lipinski definition) is 3. The van der Waals surface area contributed by atoms with Crippen LogP contribution in [-0.2, 0) is 14.3 Å². The van der Waals surface area contributed by atoms with E-state index in [1.807, 2.05) is 43.3 Å². The van der Waals surface area contributed by atoms with Crippen molar-refractivity contribution >= 4 is 18.0 Å². The van der Waals surface area contributed by atoms with Crippen LogP contribution in [0, 0.1) is 0 Å². The molecule has 2 amide bonds. The van der Waals surface area contributed by atoms with Gasteiger partial charge in [-0.15, -0.1) is 0 Å². The molecule has 1 saturated carbocycles. The van der Waals surface area contributed by atoms with Gasteiger partial charge in [0.05, 0.1) is 0 Å². The van der Waals surface area contributed by atoms with Crippen LogP contribution < -0.4 is 10.6 Å². The van der Waals surface area contributed by atoms with Crippen LogP contribution in [0.25, 0.3) is 11.1 Å². The number of nitrogens with one attached hydrogen (secondary N) is 2. The third-order valence-electron chi connectivity index (χ3n) is 6.97. The fraction of sp³-hybridized carbons (Fsp3) is 0.423. The second kappa shape index (κ2) is 9.65. The maximum absolute atomic E-state index is 12.9. The van der Waals surface area contributed by atoms with Gasteiger partial charge in [-0.3, -0.25) is 9.59 Å². The quantitative estimate of drug-likeness (QED) is 0.531. The number of amides is 2. The fourth-order valence-electron chi connectivity index (χ4n) is 4.84. The van der Waals surface area contributed by atoms with E-state index in [1.165, 1.54) is 0 Å². The van der Waals surface area contributed by atoms with Crippen LogP contribution in [0.2, 0.25) is 0 Å². The number of carbonyl (C=O) groups is 3. The number of benzene rings is 2. The average Bonchev–Trinajstić information content (AvgIpc) is 3.11. The molecule has 7 nitrogen and oxygen atoms in total. The van der Waals surface area contributed by atoms with Crippen molar-refractivity contribution < 1.29 is 24.2 Å². The van der Waals surface area contributed by atoms with Gasteiger partial charge in [0.25, 0.3) is 0 Å². The van der Waals surface area contributed by atoms with Gasteiger partial charge in [0.1, 0.15) is 12.6 Å². The second-order valence-corrected chi connectivity index (χ2v) is 8.93. The molecule has 2 aromatic rings. The van der Waals surface area contributed by atoms with Gasteiger partial charge in [-0.05, 0) is 54.4 Å². The highest BCUT2D eigenvalue weighted by molar-refractivity contribution is 5.87. The van der Waals surface area contributed by atoms with Crippen molar-refractivity contribution in [3.63, 3.8) is 0 Å². The minimum Gasteiger partial charge on any atom is -0.481 e. The zero-order valence-corrected chi connectivity index (χ0v) is 18.8. The van der Waals surface area contributed by atoms with Gasteiger partial charge in [-0.2, -0.15) is 0 Å². The highest BCUT2D eigenvalue weighted by Crippen LogP contribution is 2.44. The Kier molecular flexibility index (Phi) is 6.67. The van der Waals surface area contributed by atoms with Gasteiger partial charge >= 0.3 is 12.1 Å². The molecule has 0 spiro atoms. The Bertz CT molecular complexity index is 995. The van der Waals surface area contributed by atoms with Crippen molar-refractivity contribution in [1.29, 1.82) is 0 Å². The van der Waals surface area contributed by atoms with Crippen molar-refractivity contribution in [3.8, 4) is 11.1 Å². The molecule has 4 rings (SSSR count). The monoisotopic (exact) mass is 450 g/mol. The fourth-order valence-corrected chi connectivity index (χ4v) is 4.84. The zero-order valence-electron chi connectivity index (χ0n) is 18.8. The van der Waals surface area contributed by atoms with Gasteiger partial charge in [-0.25, -0.2) is 4.79 Å². The maximum atomic E-state index is 12.9. The Labute approximate surface area is 193 Å². The summed E-state index contributed by atoms with van der Waals surface area (Å²) in [5, 5.41) is 14.7. The first-order chi connectivity index (χ1) is 15.9. The molecule has 0 radical (unpaired) electrons. The number of carboxylic acids is 1. The molecule has 1 atom stereocenters. The molecule has 0 aromatic heterocycles. The number of carbonyl (C=O) groups excluding carboxylic acids is 2. The van der Waals surface area contributed by atoms with E-state index < -0.39 is 18.1 Å². The van der Waals surface area contributed by atoms with E-state index in [0.717, 1.165) is 47.9 Å². The van der Waals surface area contributed by atoms with E-state index in [-0.39, 0.29) is 36.8 Å². The highest BCUT2D eigenvalue weighted by atomic mass is 16.5. The molecule has 1 unspecified atom stereocenters. The molecule has 0 aliphatic heterocycles. The van der Waals surface area contributed by atoms with Crippen molar-refractivity contribution in [2.24, 2.45) is 0 Å². The Balaban J connectivity index is 1.41. The first-order valence-electron chi connectivity index (χ1n) is 11.6. The molecule has 174 valence electrons. The van der Waals surface area contributed by atoms with Crippen molar-refractivity contribution in [2.75, 3.05) is 6.61 Å². The number of fused-ring (bicyclic) bond motifs is 3. The molecule has 3 N–H and O–H groups in total. The number of carboxylic acid groups (broad SMARTS) is 1. The summed E-state index contributed by atoms with van der Waals surface area (Å²) in [7, 11) is 0. The van der Waals surface area contributed by atoms with E-state index in [0.29, 0.717) is 0 Å². The number of rotatable bonds is 9. The zero-order chi connectivity index (χ0) is 23.4. The molecule has 2 aliphatic carbocycles. The minimum atomic E-state index is -1.02. The topological polar surface area (TPSA) is 105 Å². The molecule has 7 heteroatoms. The summed E-state index contributed by atoms with van der Waals surface area (Å²) in [5.41, 5.74) is 4.21. The van der Waals surface area contributed by atoms with Crippen LogP contribution in [0.15, 0.2) is 48.5 Å². The summed E-state index contributed by atoms with van der Waals surface area (Å²) in [6.45, 7) is 2.15. The summed E-state index contributed by atoms with van der Waals surface area (Å²) >= 11 is 0. The molecule has 0 saturated heterocycles. The predicted octanol–water partition coefficient (Wildman–Crippen LogP) is 4.21. The lowest BCUT2D eigenvalue weighted by Crippen LogP contribution is -2.58. The number of aliphatic carboxylic acids is 1. The van der Waals surface area contributed by atoms with Crippen LogP contribution in [0.4, 0.5) is 4.79 Å². The third kappa shape index (κ3) is 4.87. The van der Waals surface area contributed by atoms with E-state index in [1.54, 1.807) is 0 Å². The van der Waals surface area contributed by atoms with Crippen LogP contribution in [0.3, 0.4) is 0 Å². The summed E-state index contributed by atoms with van der Waals surface area (Å²) in [5.74, 6) is -1.46. The lowest BCUT2D eigenvalue weighted by atomic mass is 9.74. The summed E-state index contributed by atoms with van der Waals surface area (Å²) in [6.07, 6.45) is 2.70. The summed E-state index contributed by atoms with van der Waals surface area (Å²) in [6, 6.07) is 15.1. The van der Waals surface area contributed by atoms with E-state index in [2.05, 4.69) is 22.8 Å². The van der Waals surface area contributed by atoms with Crippen LogP contribution in [0.5, 0.6) is 0 Å². The van der Waals surface area contributed by atoms with Gasteiger partial charge in [0.2, 0.25) is 5.91 Å². The largest absolute Gasteiger partial charge is 0.481 e. The Morgan fingerprint density at radius 2 is 1.67 bits per heavy atom. The lowest BCUT2D eigenvalue weighted by Gasteiger charge is -2.42. The first kappa shape index (κ1) is 22.8. The van der Waals surface area contributed by atoms with Crippen LogP contribution in [-0.4, -0.2) is 41.3 Å². The molecule has 2 aliphatic rings. The van der Waals surface area contributed by atoms with Crippen LogP contribution in [0.1, 0.15) is 62.5 Å². The average molecular weight is 451 g/mol. The maximum Gasteiger partial charge on any atom is 0.407 e. The molecule has 1 fully saturated rings. The molecular weight excluding hydrogens is 420 g/mol. The Morgan fingerprint density at radius 1 is 1.06 bits per heavy atom. The predicted molar refractivity (Wildman–Crippen MR) is 124 cm³/mol. The normalized spacial score (nSPS) is 16.6. The SMILES string of the molecule is CCC1(NC(=O)C(CCC(=O)O)NC(=O)OCC2c3ccccc3-c3ccccc32)CCC1. The lowest BCUT2D eigenvalue weighted by molar-refractivity contribution is -0.137. The standard InChI is InChI=1S/C26H30N2O5/c1-2-26(14-7-15-26)28-24(31)22(12-13-23(29)30)27-25(32)33-16-21-19-10-5-3-8-17(19)18-9-4-6-11-20(18)21/h3-6,8-11,21-22H,2,7,12-16H2,1H3,(H,27,32)(H,28,31)(H,29,30). The van der Waals surface area contributed by atoms with Gasteiger partial charge < -0.3 is 20.5 Å². The summed E-state index contributed by atoms with van der Waals surface area (Å²) < 4.78 is 5.55. The molecule has 33 heavy (non-hydrogen) atoms. The number of ether oxygens (including phenoxy) is 1. The van der Waals surface area contributed by atoms with E-state index >= 15 is 0 Å². The molecular formula is C26H30N2O5.